The zero-order chi connectivity index (χ0) is 20.9. The van der Waals surface area contributed by atoms with Crippen LogP contribution >= 0.6 is 11.3 Å². The van der Waals surface area contributed by atoms with Crippen LogP contribution in [0.25, 0.3) is 0 Å². The fraction of sp³-hybridized carbons (Fsp3) is 0.200. The zero-order valence-corrected chi connectivity index (χ0v) is 17.7. The molecule has 0 fully saturated rings. The van der Waals surface area contributed by atoms with Crippen molar-refractivity contribution in [3.63, 3.8) is 0 Å². The lowest BCUT2D eigenvalue weighted by molar-refractivity contribution is 0.248. The summed E-state index contributed by atoms with van der Waals surface area (Å²) < 4.78 is 28.2. The molecule has 3 N–H and O–H groups in total. The van der Waals surface area contributed by atoms with E-state index in [1.165, 1.54) is 11.3 Å². The average molecular weight is 431 g/mol. The highest BCUT2D eigenvalue weighted by Crippen LogP contribution is 2.18. The topological polar surface area (TPSA) is 100 Å². The molecule has 2 aromatic carbocycles. The van der Waals surface area contributed by atoms with Gasteiger partial charge in [-0.3, -0.25) is 5.32 Å². The van der Waals surface area contributed by atoms with E-state index in [0.29, 0.717) is 10.7 Å². The third kappa shape index (κ3) is 5.63. The lowest BCUT2D eigenvalue weighted by Gasteiger charge is -2.20. The normalized spacial score (nSPS) is 12.3. The summed E-state index contributed by atoms with van der Waals surface area (Å²) in [7, 11) is -3.73. The van der Waals surface area contributed by atoms with E-state index in [1.807, 2.05) is 43.3 Å². The van der Waals surface area contributed by atoms with Gasteiger partial charge in [-0.1, -0.05) is 48.0 Å². The lowest BCUT2D eigenvalue weighted by Crippen LogP contribution is -2.39. The van der Waals surface area contributed by atoms with Crippen molar-refractivity contribution in [2.45, 2.75) is 24.8 Å². The largest absolute Gasteiger partial charge is 0.330 e. The Morgan fingerprint density at radius 1 is 1.14 bits per heavy atom. The van der Waals surface area contributed by atoms with Crippen molar-refractivity contribution in [2.75, 3.05) is 11.9 Å². The summed E-state index contributed by atoms with van der Waals surface area (Å²) in [6.07, 6.45) is 1.59. The van der Waals surface area contributed by atoms with Crippen LogP contribution in [0, 0.1) is 13.8 Å². The molecule has 3 rings (SSSR count). The van der Waals surface area contributed by atoms with Gasteiger partial charge in [-0.25, -0.2) is 22.9 Å². The second kappa shape index (κ2) is 9.17. The van der Waals surface area contributed by atoms with Crippen LogP contribution in [0.4, 0.5) is 9.93 Å². The number of carbonyl (C=O) groups is 1. The summed E-state index contributed by atoms with van der Waals surface area (Å²) in [5, 5.41) is 7.67. The first kappa shape index (κ1) is 21.0. The molecule has 0 unspecified atom stereocenters. The first-order valence-corrected chi connectivity index (χ1v) is 11.3. The van der Waals surface area contributed by atoms with Crippen LogP contribution in [0.3, 0.4) is 0 Å². The molecule has 0 bridgehead atoms. The Balaban J connectivity index is 1.75. The first-order chi connectivity index (χ1) is 13.8. The molecular formula is C20H22N4O3S2. The van der Waals surface area contributed by atoms with Crippen molar-refractivity contribution in [1.82, 2.24) is 15.0 Å². The number of benzene rings is 2. The fourth-order valence-corrected chi connectivity index (χ4v) is 4.68. The summed E-state index contributed by atoms with van der Waals surface area (Å²) >= 11 is 1.30. The third-order valence-electron chi connectivity index (χ3n) is 4.26. The van der Waals surface area contributed by atoms with Crippen LogP contribution in [-0.4, -0.2) is 26.0 Å². The predicted octanol–water partition coefficient (Wildman–Crippen LogP) is 3.60. The van der Waals surface area contributed by atoms with E-state index in [2.05, 4.69) is 20.3 Å². The van der Waals surface area contributed by atoms with Gasteiger partial charge in [0.25, 0.3) is 0 Å². The molecular weight excluding hydrogens is 408 g/mol. The summed E-state index contributed by atoms with van der Waals surface area (Å²) in [6, 6.07) is 13.3. The van der Waals surface area contributed by atoms with Crippen LogP contribution in [-0.2, 0) is 10.0 Å². The van der Waals surface area contributed by atoms with Gasteiger partial charge in [0.1, 0.15) is 0 Å². The second-order valence-corrected chi connectivity index (χ2v) is 9.15. The van der Waals surface area contributed by atoms with Gasteiger partial charge in [0.2, 0.25) is 10.0 Å². The van der Waals surface area contributed by atoms with Crippen molar-refractivity contribution in [3.05, 3.63) is 76.8 Å². The number of urea groups is 1. The van der Waals surface area contributed by atoms with Gasteiger partial charge < -0.3 is 5.32 Å². The molecule has 0 aliphatic heterocycles. The Hall–Kier alpha value is -2.75. The Kier molecular flexibility index (Phi) is 6.63. The molecule has 1 atom stereocenters. The van der Waals surface area contributed by atoms with Crippen LogP contribution in [0.5, 0.6) is 0 Å². The van der Waals surface area contributed by atoms with Gasteiger partial charge in [0, 0.05) is 18.1 Å². The summed E-state index contributed by atoms with van der Waals surface area (Å²) in [4.78, 5) is 16.6. The first-order valence-electron chi connectivity index (χ1n) is 8.94. The maximum Gasteiger partial charge on any atom is 0.321 e. The van der Waals surface area contributed by atoms with Crippen molar-refractivity contribution in [3.8, 4) is 0 Å². The number of sulfonamides is 1. The quantitative estimate of drug-likeness (QED) is 0.533. The Labute approximate surface area is 174 Å². The number of anilines is 1. The van der Waals surface area contributed by atoms with E-state index in [4.69, 9.17) is 0 Å². The Morgan fingerprint density at radius 2 is 1.90 bits per heavy atom. The smallest absolute Gasteiger partial charge is 0.321 e. The number of carbonyl (C=O) groups excluding carboxylic acids is 1. The van der Waals surface area contributed by atoms with Crippen molar-refractivity contribution in [1.29, 1.82) is 0 Å². The molecule has 7 nitrogen and oxygen atoms in total. The number of thiazole rings is 1. The van der Waals surface area contributed by atoms with E-state index < -0.39 is 22.1 Å². The number of rotatable bonds is 7. The van der Waals surface area contributed by atoms with Crippen molar-refractivity contribution in [2.24, 2.45) is 0 Å². The number of nitrogens with zero attached hydrogens (tertiary/aromatic N) is 1. The second-order valence-electron chi connectivity index (χ2n) is 6.52. The number of aryl methyl sites for hydroxylation is 2. The SMILES string of the molecule is Cc1ccc(S(=O)(=O)NC[C@H](NC(=O)Nc2nccs2)c2ccccc2)c(C)c1. The predicted molar refractivity (Wildman–Crippen MR) is 115 cm³/mol. The number of hydrogen-bond acceptors (Lipinski definition) is 5. The molecule has 9 heteroatoms. The highest BCUT2D eigenvalue weighted by molar-refractivity contribution is 7.89. The third-order valence-corrected chi connectivity index (χ3v) is 6.53. The molecule has 1 aromatic heterocycles. The van der Waals surface area contributed by atoms with E-state index in [-0.39, 0.29) is 11.4 Å². The van der Waals surface area contributed by atoms with Gasteiger partial charge >= 0.3 is 6.03 Å². The number of amides is 2. The average Bonchev–Trinajstić information content (AvgIpc) is 3.18. The Morgan fingerprint density at radius 3 is 2.55 bits per heavy atom. The van der Waals surface area contributed by atoms with Crippen molar-refractivity contribution >= 4 is 32.5 Å². The van der Waals surface area contributed by atoms with E-state index >= 15 is 0 Å². The van der Waals surface area contributed by atoms with Gasteiger partial charge in [-0.05, 0) is 31.0 Å². The molecule has 3 aromatic rings. The fourth-order valence-electron chi connectivity index (χ4n) is 2.89. The standard InChI is InChI=1S/C20H22N4O3S2/c1-14-8-9-18(15(2)12-14)29(26,27)22-13-17(16-6-4-3-5-7-16)23-19(25)24-20-21-10-11-28-20/h3-12,17,22H,13H2,1-2H3,(H2,21,23,24,25)/t17-/m0/s1. The summed E-state index contributed by atoms with van der Waals surface area (Å²) in [5.41, 5.74) is 2.44. The summed E-state index contributed by atoms with van der Waals surface area (Å²) in [6.45, 7) is 3.67. The van der Waals surface area contributed by atoms with E-state index in [0.717, 1.165) is 11.1 Å². The maximum atomic E-state index is 12.8. The van der Waals surface area contributed by atoms with Crippen LogP contribution < -0.4 is 15.4 Å². The minimum absolute atomic E-state index is 0.00491. The van der Waals surface area contributed by atoms with Crippen molar-refractivity contribution < 1.29 is 13.2 Å². The van der Waals surface area contributed by atoms with E-state index in [9.17, 15) is 13.2 Å². The van der Waals surface area contributed by atoms with Gasteiger partial charge in [-0.2, -0.15) is 0 Å². The molecule has 2 amide bonds. The highest BCUT2D eigenvalue weighted by atomic mass is 32.2. The molecule has 29 heavy (non-hydrogen) atoms. The van der Waals surface area contributed by atoms with Crippen LogP contribution in [0.1, 0.15) is 22.7 Å². The van der Waals surface area contributed by atoms with E-state index in [1.54, 1.807) is 30.6 Å². The monoisotopic (exact) mass is 430 g/mol. The highest BCUT2D eigenvalue weighted by Gasteiger charge is 2.21. The molecule has 0 spiro atoms. The molecule has 0 saturated heterocycles. The number of aromatic nitrogens is 1. The molecule has 0 saturated carbocycles. The maximum absolute atomic E-state index is 12.8. The minimum atomic E-state index is -3.73. The molecule has 152 valence electrons. The summed E-state index contributed by atoms with van der Waals surface area (Å²) in [5.74, 6) is 0. The van der Waals surface area contributed by atoms with Gasteiger partial charge in [-0.15, -0.1) is 11.3 Å². The van der Waals surface area contributed by atoms with Gasteiger partial charge in [0.05, 0.1) is 10.9 Å². The minimum Gasteiger partial charge on any atom is -0.330 e. The molecule has 0 radical (unpaired) electrons. The molecule has 0 aliphatic rings. The van der Waals surface area contributed by atoms with Crippen LogP contribution in [0.15, 0.2) is 65.0 Å². The number of hydrogen-bond donors (Lipinski definition) is 3. The zero-order valence-electron chi connectivity index (χ0n) is 16.0. The van der Waals surface area contributed by atoms with Gasteiger partial charge in [0.15, 0.2) is 5.13 Å². The molecule has 0 aliphatic carbocycles. The molecule has 1 heterocycles. The van der Waals surface area contributed by atoms with Crippen LogP contribution in [0.2, 0.25) is 0 Å². The number of nitrogens with one attached hydrogen (secondary N) is 3. The Bertz CT molecular complexity index is 1070. The lowest BCUT2D eigenvalue weighted by atomic mass is 10.1.